The zero-order valence-corrected chi connectivity index (χ0v) is 13.4. The van der Waals surface area contributed by atoms with E-state index in [0.717, 1.165) is 19.6 Å². The van der Waals surface area contributed by atoms with Crippen LogP contribution in [0, 0.1) is 5.41 Å². The molecule has 3 heteroatoms. The Hall–Kier alpha value is -0.120. The van der Waals surface area contributed by atoms with Gasteiger partial charge in [0.2, 0.25) is 0 Å². The predicted molar refractivity (Wildman–Crippen MR) is 82.5 cm³/mol. The van der Waals surface area contributed by atoms with Crippen LogP contribution in [0.2, 0.25) is 0 Å². The molecule has 0 radical (unpaired) electrons. The number of hydrogen-bond acceptors (Lipinski definition) is 3. The van der Waals surface area contributed by atoms with Crippen molar-refractivity contribution in [3.63, 3.8) is 0 Å². The molecule has 1 rings (SSSR count). The van der Waals surface area contributed by atoms with Crippen molar-refractivity contribution in [2.45, 2.75) is 71.9 Å². The third-order valence-electron chi connectivity index (χ3n) is 4.60. The van der Waals surface area contributed by atoms with Crippen LogP contribution in [0.1, 0.15) is 59.8 Å². The topological polar surface area (TPSA) is 35.5 Å². The number of nitrogens with zero attached hydrogens (tertiary/aromatic N) is 1. The van der Waals surface area contributed by atoms with Gasteiger partial charge in [-0.05, 0) is 24.7 Å². The second kappa shape index (κ2) is 8.23. The van der Waals surface area contributed by atoms with Crippen LogP contribution in [0.15, 0.2) is 0 Å². The quantitative estimate of drug-likeness (QED) is 0.676. The molecule has 1 aliphatic carbocycles. The van der Waals surface area contributed by atoms with E-state index in [1.54, 1.807) is 0 Å². The molecule has 0 aromatic rings. The zero-order chi connectivity index (χ0) is 14.3. The Balaban J connectivity index is 2.57. The lowest BCUT2D eigenvalue weighted by molar-refractivity contribution is 0.0919. The number of rotatable bonds is 9. The normalized spacial score (nSPS) is 20.4. The van der Waals surface area contributed by atoms with E-state index in [0.29, 0.717) is 17.5 Å². The number of aliphatic hydroxyl groups is 1. The first-order chi connectivity index (χ1) is 9.00. The molecular weight excluding hydrogens is 236 g/mol. The molecule has 0 spiro atoms. The molecule has 1 aliphatic rings. The fraction of sp³-hybridized carbons (Fsp3) is 1.00. The molecule has 0 aromatic heterocycles. The molecular formula is C16H34N2O. The maximum absolute atomic E-state index is 9.33. The lowest BCUT2D eigenvalue weighted by Gasteiger charge is -2.38. The second-order valence-electron chi connectivity index (χ2n) is 6.83. The van der Waals surface area contributed by atoms with Gasteiger partial charge < -0.3 is 10.4 Å². The van der Waals surface area contributed by atoms with Crippen LogP contribution in [0.3, 0.4) is 0 Å². The highest BCUT2D eigenvalue weighted by atomic mass is 16.3. The Labute approximate surface area is 119 Å². The van der Waals surface area contributed by atoms with Crippen molar-refractivity contribution < 1.29 is 5.11 Å². The van der Waals surface area contributed by atoms with Crippen molar-refractivity contribution in [2.75, 3.05) is 26.2 Å². The zero-order valence-electron chi connectivity index (χ0n) is 13.4. The van der Waals surface area contributed by atoms with E-state index < -0.39 is 0 Å². The SMILES string of the molecule is CCC(C)(CNC(C)C)CN(CCO)C1CCCC1. The minimum Gasteiger partial charge on any atom is -0.395 e. The van der Waals surface area contributed by atoms with E-state index in [4.69, 9.17) is 0 Å². The van der Waals surface area contributed by atoms with Gasteiger partial charge in [-0.3, -0.25) is 4.90 Å². The van der Waals surface area contributed by atoms with Crippen LogP contribution < -0.4 is 5.32 Å². The standard InChI is InChI=1S/C16H34N2O/c1-5-16(4,12-17-14(2)3)13-18(10-11-19)15-8-6-7-9-15/h14-15,17,19H,5-13H2,1-4H3. The van der Waals surface area contributed by atoms with Crippen LogP contribution in [0.25, 0.3) is 0 Å². The van der Waals surface area contributed by atoms with Gasteiger partial charge in [0.25, 0.3) is 0 Å². The summed E-state index contributed by atoms with van der Waals surface area (Å²) in [5.74, 6) is 0. The number of hydrogen-bond donors (Lipinski definition) is 2. The van der Waals surface area contributed by atoms with Crippen LogP contribution >= 0.6 is 0 Å². The summed E-state index contributed by atoms with van der Waals surface area (Å²) in [6.07, 6.45) is 6.54. The average Bonchev–Trinajstić information content (AvgIpc) is 2.90. The summed E-state index contributed by atoms with van der Waals surface area (Å²) < 4.78 is 0. The summed E-state index contributed by atoms with van der Waals surface area (Å²) in [5.41, 5.74) is 0.308. The van der Waals surface area contributed by atoms with Crippen molar-refractivity contribution in [3.8, 4) is 0 Å². The first-order valence-electron chi connectivity index (χ1n) is 8.09. The molecule has 0 amide bonds. The predicted octanol–water partition coefficient (Wildman–Crippen LogP) is 2.64. The van der Waals surface area contributed by atoms with Crippen LogP contribution in [0.4, 0.5) is 0 Å². The van der Waals surface area contributed by atoms with Gasteiger partial charge in [-0.15, -0.1) is 0 Å². The highest BCUT2D eigenvalue weighted by Crippen LogP contribution is 2.28. The van der Waals surface area contributed by atoms with E-state index in [-0.39, 0.29) is 6.61 Å². The molecule has 19 heavy (non-hydrogen) atoms. The summed E-state index contributed by atoms with van der Waals surface area (Å²) >= 11 is 0. The summed E-state index contributed by atoms with van der Waals surface area (Å²) in [6.45, 7) is 12.4. The van der Waals surface area contributed by atoms with Crippen LogP contribution in [0.5, 0.6) is 0 Å². The smallest absolute Gasteiger partial charge is 0.0558 e. The lowest BCUT2D eigenvalue weighted by atomic mass is 9.86. The first kappa shape index (κ1) is 16.9. The van der Waals surface area contributed by atoms with Gasteiger partial charge in [0, 0.05) is 31.7 Å². The van der Waals surface area contributed by atoms with Crippen LogP contribution in [-0.4, -0.2) is 48.3 Å². The van der Waals surface area contributed by atoms with E-state index in [2.05, 4.69) is 37.9 Å². The third kappa shape index (κ3) is 5.80. The van der Waals surface area contributed by atoms with Crippen molar-refractivity contribution >= 4 is 0 Å². The van der Waals surface area contributed by atoms with Gasteiger partial charge in [0.15, 0.2) is 0 Å². The maximum atomic E-state index is 9.33. The molecule has 0 heterocycles. The van der Waals surface area contributed by atoms with E-state index in [1.165, 1.54) is 32.1 Å². The molecule has 1 saturated carbocycles. The minimum absolute atomic E-state index is 0.286. The monoisotopic (exact) mass is 270 g/mol. The Morgan fingerprint density at radius 1 is 1.32 bits per heavy atom. The number of nitrogens with one attached hydrogen (secondary N) is 1. The third-order valence-corrected chi connectivity index (χ3v) is 4.60. The maximum Gasteiger partial charge on any atom is 0.0558 e. The highest BCUT2D eigenvalue weighted by Gasteiger charge is 2.30. The molecule has 1 fully saturated rings. The summed E-state index contributed by atoms with van der Waals surface area (Å²) in [7, 11) is 0. The van der Waals surface area contributed by atoms with Crippen molar-refractivity contribution in [1.82, 2.24) is 10.2 Å². The Morgan fingerprint density at radius 2 is 1.95 bits per heavy atom. The molecule has 3 nitrogen and oxygen atoms in total. The van der Waals surface area contributed by atoms with Gasteiger partial charge in [-0.25, -0.2) is 0 Å². The molecule has 1 atom stereocenters. The van der Waals surface area contributed by atoms with Gasteiger partial charge >= 0.3 is 0 Å². The summed E-state index contributed by atoms with van der Waals surface area (Å²) in [6, 6.07) is 1.25. The van der Waals surface area contributed by atoms with Gasteiger partial charge in [-0.1, -0.05) is 40.5 Å². The highest BCUT2D eigenvalue weighted by molar-refractivity contribution is 4.85. The molecule has 1 unspecified atom stereocenters. The van der Waals surface area contributed by atoms with Crippen molar-refractivity contribution in [2.24, 2.45) is 5.41 Å². The Bertz CT molecular complexity index is 239. The Morgan fingerprint density at radius 3 is 2.42 bits per heavy atom. The number of aliphatic hydroxyl groups excluding tert-OH is 1. The first-order valence-corrected chi connectivity index (χ1v) is 8.09. The summed E-state index contributed by atoms with van der Waals surface area (Å²) in [4.78, 5) is 2.54. The van der Waals surface area contributed by atoms with Crippen molar-refractivity contribution in [3.05, 3.63) is 0 Å². The van der Waals surface area contributed by atoms with Gasteiger partial charge in [-0.2, -0.15) is 0 Å². The molecule has 0 aliphatic heterocycles. The molecule has 0 aromatic carbocycles. The fourth-order valence-corrected chi connectivity index (χ4v) is 3.02. The minimum atomic E-state index is 0.286. The Kier molecular flexibility index (Phi) is 7.33. The fourth-order valence-electron chi connectivity index (χ4n) is 3.02. The van der Waals surface area contributed by atoms with Gasteiger partial charge in [0.05, 0.1) is 6.61 Å². The summed E-state index contributed by atoms with van der Waals surface area (Å²) in [5, 5.41) is 12.9. The van der Waals surface area contributed by atoms with E-state index >= 15 is 0 Å². The van der Waals surface area contributed by atoms with Crippen LogP contribution in [-0.2, 0) is 0 Å². The second-order valence-corrected chi connectivity index (χ2v) is 6.83. The average molecular weight is 270 g/mol. The van der Waals surface area contributed by atoms with Crippen molar-refractivity contribution in [1.29, 1.82) is 0 Å². The molecule has 0 saturated heterocycles. The molecule has 114 valence electrons. The van der Waals surface area contributed by atoms with E-state index in [1.807, 2.05) is 0 Å². The largest absolute Gasteiger partial charge is 0.395 e. The molecule has 2 N–H and O–H groups in total. The van der Waals surface area contributed by atoms with E-state index in [9.17, 15) is 5.11 Å². The molecule has 0 bridgehead atoms. The van der Waals surface area contributed by atoms with Gasteiger partial charge in [0.1, 0.15) is 0 Å². The lowest BCUT2D eigenvalue weighted by Crippen LogP contribution is -2.47.